The normalized spacial score (nSPS) is 11.4. The van der Waals surface area contributed by atoms with E-state index in [-0.39, 0.29) is 0 Å². The van der Waals surface area contributed by atoms with Crippen LogP contribution in [0.15, 0.2) is 12.1 Å². The smallest absolute Gasteiger partial charge is 0.164 e. The largest absolute Gasteiger partial charge is 0.493 e. The molecule has 0 N–H and O–H groups in total. The van der Waals surface area contributed by atoms with Gasteiger partial charge in [-0.15, -0.1) is 0 Å². The Morgan fingerprint density at radius 1 is 0.262 bits per heavy atom. The molecule has 0 fully saturated rings. The zero-order valence-electron chi connectivity index (χ0n) is 44.4. The fourth-order valence-corrected chi connectivity index (χ4v) is 9.50. The van der Waals surface area contributed by atoms with Crippen LogP contribution in [0.4, 0.5) is 0 Å². The van der Waals surface area contributed by atoms with E-state index < -0.39 is 0 Å². The molecule has 0 aliphatic carbocycles. The van der Waals surface area contributed by atoms with Crippen molar-refractivity contribution in [3.63, 3.8) is 0 Å². The van der Waals surface area contributed by atoms with Crippen molar-refractivity contribution >= 4 is 6.29 Å². The number of hydrogen-bond acceptors (Lipinski definition) is 4. The molecule has 0 saturated heterocycles. The van der Waals surface area contributed by atoms with Gasteiger partial charge in [0.05, 0.1) is 25.4 Å². The Balaban J connectivity index is 2.37. The molecule has 0 radical (unpaired) electrons. The van der Waals surface area contributed by atoms with Gasteiger partial charge >= 0.3 is 0 Å². The summed E-state index contributed by atoms with van der Waals surface area (Å²) in [5.41, 5.74) is 0.568. The average Bonchev–Trinajstić information content (AvgIpc) is 3.32. The summed E-state index contributed by atoms with van der Waals surface area (Å²) in [4.78, 5) is 12.3. The minimum absolute atomic E-state index is 0.568. The number of aldehydes is 1. The monoisotopic (exact) mass is 911 g/mol. The van der Waals surface area contributed by atoms with Crippen LogP contribution in [0.5, 0.6) is 17.2 Å². The number of carbonyl (C=O) groups excluding carboxylic acids is 1. The number of carbonyl (C=O) groups is 1. The van der Waals surface area contributed by atoms with E-state index in [2.05, 4.69) is 20.8 Å². The van der Waals surface area contributed by atoms with Gasteiger partial charge in [0, 0.05) is 6.07 Å². The Morgan fingerprint density at radius 3 is 0.662 bits per heavy atom. The van der Waals surface area contributed by atoms with Gasteiger partial charge in [-0.25, -0.2) is 0 Å². The molecule has 382 valence electrons. The maximum atomic E-state index is 12.3. The summed E-state index contributed by atoms with van der Waals surface area (Å²) in [7, 11) is 0. The molecule has 0 unspecified atom stereocenters. The lowest BCUT2D eigenvalue weighted by Gasteiger charge is -2.16. The Labute approximate surface area is 407 Å². The second-order valence-electron chi connectivity index (χ2n) is 20.4. The van der Waals surface area contributed by atoms with Crippen LogP contribution < -0.4 is 14.2 Å². The van der Waals surface area contributed by atoms with Gasteiger partial charge < -0.3 is 14.2 Å². The number of benzene rings is 1. The van der Waals surface area contributed by atoms with Gasteiger partial charge in [-0.05, 0) is 25.3 Å². The van der Waals surface area contributed by atoms with Gasteiger partial charge in [0.15, 0.2) is 17.8 Å². The van der Waals surface area contributed by atoms with E-state index in [9.17, 15) is 4.79 Å². The van der Waals surface area contributed by atoms with E-state index in [4.69, 9.17) is 14.2 Å². The predicted molar refractivity (Wildman–Crippen MR) is 287 cm³/mol. The highest BCUT2D eigenvalue weighted by atomic mass is 16.5. The summed E-state index contributed by atoms with van der Waals surface area (Å²) >= 11 is 0. The molecule has 65 heavy (non-hydrogen) atoms. The van der Waals surface area contributed by atoms with E-state index in [1.807, 2.05) is 12.1 Å². The van der Waals surface area contributed by atoms with Crippen LogP contribution >= 0.6 is 0 Å². The average molecular weight is 912 g/mol. The van der Waals surface area contributed by atoms with E-state index >= 15 is 0 Å². The van der Waals surface area contributed by atoms with Crippen LogP contribution in [0.3, 0.4) is 0 Å². The van der Waals surface area contributed by atoms with E-state index in [1.54, 1.807) is 0 Å². The number of unbranched alkanes of at least 4 members (excludes halogenated alkanes) is 45. The molecule has 0 aliphatic rings. The summed E-state index contributed by atoms with van der Waals surface area (Å²) in [6, 6.07) is 3.80. The van der Waals surface area contributed by atoms with Crippen LogP contribution in [0.1, 0.15) is 339 Å². The zero-order chi connectivity index (χ0) is 46.6. The number of ether oxygens (including phenoxy) is 3. The quantitative estimate of drug-likeness (QED) is 0.0482. The molecule has 1 aromatic rings. The topological polar surface area (TPSA) is 44.8 Å². The Hall–Kier alpha value is -1.71. The molecule has 0 bridgehead atoms. The molecule has 0 atom stereocenters. The maximum Gasteiger partial charge on any atom is 0.164 e. The molecule has 0 spiro atoms. The predicted octanol–water partition coefficient (Wildman–Crippen LogP) is 21.4. The fourth-order valence-electron chi connectivity index (χ4n) is 9.50. The van der Waals surface area contributed by atoms with Crippen LogP contribution in [0, 0.1) is 0 Å². The molecule has 0 saturated carbocycles. The van der Waals surface area contributed by atoms with Crippen molar-refractivity contribution in [2.75, 3.05) is 19.8 Å². The maximum absolute atomic E-state index is 12.3. The summed E-state index contributed by atoms with van der Waals surface area (Å²) in [5, 5.41) is 0. The number of hydrogen-bond donors (Lipinski definition) is 0. The van der Waals surface area contributed by atoms with Crippen molar-refractivity contribution in [2.45, 2.75) is 329 Å². The molecular formula is C61H114O4. The van der Waals surface area contributed by atoms with Crippen molar-refractivity contribution in [1.82, 2.24) is 0 Å². The highest BCUT2D eigenvalue weighted by Gasteiger charge is 2.14. The molecule has 0 amide bonds. The summed E-state index contributed by atoms with van der Waals surface area (Å²) in [6.45, 7) is 8.86. The molecular weight excluding hydrogens is 797 g/mol. The minimum Gasteiger partial charge on any atom is -0.493 e. The molecule has 1 aromatic carbocycles. The third-order valence-corrected chi connectivity index (χ3v) is 14.0. The first-order chi connectivity index (χ1) is 32.3. The standard InChI is InChI=1S/C61H114O4/c1-4-7-10-13-16-19-22-25-28-31-34-37-40-43-46-49-52-63-59-56-61(65-54-51-48-45-42-39-36-33-30-27-24-21-18-15-12-9-6-3)60(55-58(59)57-62)64-53-50-47-44-41-38-35-32-29-26-23-20-17-14-11-8-5-2/h55-57H,4-54H2,1-3H3. The summed E-state index contributed by atoms with van der Waals surface area (Å²) in [6.07, 6.45) is 66.1. The van der Waals surface area contributed by atoms with E-state index in [0.717, 1.165) is 31.3 Å². The minimum atomic E-state index is 0.568. The third-order valence-electron chi connectivity index (χ3n) is 14.0. The van der Waals surface area contributed by atoms with Crippen LogP contribution in [-0.4, -0.2) is 26.1 Å². The molecule has 4 nitrogen and oxygen atoms in total. The van der Waals surface area contributed by atoms with Crippen LogP contribution in [-0.2, 0) is 0 Å². The summed E-state index contributed by atoms with van der Waals surface area (Å²) in [5.74, 6) is 2.06. The van der Waals surface area contributed by atoms with Gasteiger partial charge in [0.2, 0.25) is 0 Å². The SMILES string of the molecule is CCCCCCCCCCCCCCCCCCOc1cc(OCCCCCCCCCCCCCCCCCC)c(OCCCCCCCCCCCCCCCCCC)cc1C=O. The summed E-state index contributed by atoms with van der Waals surface area (Å²) < 4.78 is 19.0. The van der Waals surface area contributed by atoms with E-state index in [1.165, 1.54) is 289 Å². The van der Waals surface area contributed by atoms with Crippen LogP contribution in [0.2, 0.25) is 0 Å². The van der Waals surface area contributed by atoms with Gasteiger partial charge in [-0.2, -0.15) is 0 Å². The molecule has 0 aromatic heterocycles. The Bertz CT molecular complexity index is 1090. The van der Waals surface area contributed by atoms with Crippen LogP contribution in [0.25, 0.3) is 0 Å². The zero-order valence-corrected chi connectivity index (χ0v) is 44.4. The fraction of sp³-hybridized carbons (Fsp3) is 0.885. The van der Waals surface area contributed by atoms with Crippen molar-refractivity contribution in [3.05, 3.63) is 17.7 Å². The van der Waals surface area contributed by atoms with Crippen molar-refractivity contribution in [2.24, 2.45) is 0 Å². The lowest BCUT2D eigenvalue weighted by atomic mass is 10.0. The first-order valence-electron chi connectivity index (χ1n) is 29.8. The van der Waals surface area contributed by atoms with Gasteiger partial charge in [-0.3, -0.25) is 4.79 Å². The Kier molecular flexibility index (Phi) is 48.7. The highest BCUT2D eigenvalue weighted by Crippen LogP contribution is 2.35. The highest BCUT2D eigenvalue weighted by molar-refractivity contribution is 5.81. The van der Waals surface area contributed by atoms with Gasteiger partial charge in [-0.1, -0.05) is 310 Å². The molecule has 0 aliphatic heterocycles. The second kappa shape index (κ2) is 51.7. The first kappa shape index (κ1) is 61.3. The lowest BCUT2D eigenvalue weighted by Crippen LogP contribution is -2.06. The van der Waals surface area contributed by atoms with Crippen molar-refractivity contribution in [3.8, 4) is 17.2 Å². The molecule has 4 heteroatoms. The molecule has 0 heterocycles. The van der Waals surface area contributed by atoms with Gasteiger partial charge in [0.25, 0.3) is 0 Å². The third kappa shape index (κ3) is 42.2. The Morgan fingerprint density at radius 2 is 0.446 bits per heavy atom. The lowest BCUT2D eigenvalue weighted by molar-refractivity contribution is 0.111. The second-order valence-corrected chi connectivity index (χ2v) is 20.4. The van der Waals surface area contributed by atoms with E-state index in [0.29, 0.717) is 36.9 Å². The number of rotatable bonds is 55. The first-order valence-corrected chi connectivity index (χ1v) is 29.8. The molecule has 1 rings (SSSR count). The van der Waals surface area contributed by atoms with Gasteiger partial charge in [0.1, 0.15) is 5.75 Å². The van der Waals surface area contributed by atoms with Crippen molar-refractivity contribution in [1.29, 1.82) is 0 Å². The van der Waals surface area contributed by atoms with Crippen molar-refractivity contribution < 1.29 is 19.0 Å².